The van der Waals surface area contributed by atoms with Crippen molar-refractivity contribution in [3.63, 3.8) is 0 Å². The highest BCUT2D eigenvalue weighted by Gasteiger charge is 2.06. The summed E-state index contributed by atoms with van der Waals surface area (Å²) in [4.78, 5) is 22.1. The Kier molecular flexibility index (Phi) is 4.66. The molecular formula is C12H16N2O2. The maximum atomic E-state index is 10.5. The van der Waals surface area contributed by atoms with Crippen LogP contribution in [0.3, 0.4) is 0 Å². The highest BCUT2D eigenvalue weighted by atomic mass is 16.2. The molecule has 16 heavy (non-hydrogen) atoms. The molecule has 0 bridgehead atoms. The number of nitrogens with two attached hydrogens (primary N) is 1. The minimum atomic E-state index is 0.389. The van der Waals surface area contributed by atoms with Crippen molar-refractivity contribution in [2.45, 2.75) is 19.3 Å². The predicted molar refractivity (Wildman–Crippen MR) is 63.1 cm³/mol. The van der Waals surface area contributed by atoms with Crippen molar-refractivity contribution >= 4 is 18.5 Å². The monoisotopic (exact) mass is 220 g/mol. The van der Waals surface area contributed by atoms with Crippen LogP contribution in [-0.2, 0) is 9.59 Å². The number of hydrogen-bond donors (Lipinski definition) is 1. The quantitative estimate of drug-likeness (QED) is 0.734. The molecule has 0 aliphatic carbocycles. The first kappa shape index (κ1) is 12.4. The van der Waals surface area contributed by atoms with Crippen LogP contribution in [0.5, 0.6) is 0 Å². The van der Waals surface area contributed by atoms with E-state index in [1.807, 2.05) is 12.1 Å². The van der Waals surface area contributed by atoms with Gasteiger partial charge in [0.25, 0.3) is 0 Å². The Morgan fingerprint density at radius 3 is 2.25 bits per heavy atom. The zero-order valence-corrected chi connectivity index (χ0v) is 9.30. The normalized spacial score (nSPS) is 11.9. The van der Waals surface area contributed by atoms with Gasteiger partial charge in [0.05, 0.1) is 5.69 Å². The Balaban J connectivity index is 2.81. The Labute approximate surface area is 95.0 Å². The third-order valence-corrected chi connectivity index (χ3v) is 2.59. The van der Waals surface area contributed by atoms with Crippen molar-refractivity contribution in [1.29, 1.82) is 0 Å². The molecule has 0 saturated heterocycles. The standard InChI is InChI=1S/C12H16N2O2/c1-10(6-7-13)11-2-4-12(5-3-11)14(8-15)9-16/h2-5,8-10H,6-7,13H2,1H3. The lowest BCUT2D eigenvalue weighted by Gasteiger charge is -2.13. The fraction of sp³-hybridized carbons (Fsp3) is 0.333. The van der Waals surface area contributed by atoms with Crippen LogP contribution in [0.25, 0.3) is 0 Å². The first-order valence-corrected chi connectivity index (χ1v) is 5.22. The van der Waals surface area contributed by atoms with E-state index in [4.69, 9.17) is 5.73 Å². The highest BCUT2D eigenvalue weighted by Crippen LogP contribution is 2.21. The molecule has 2 amide bonds. The number of benzene rings is 1. The molecule has 0 aliphatic rings. The molecule has 1 aromatic carbocycles. The number of hydrogen-bond acceptors (Lipinski definition) is 3. The van der Waals surface area contributed by atoms with Crippen molar-refractivity contribution in [3.8, 4) is 0 Å². The maximum Gasteiger partial charge on any atom is 0.220 e. The first-order valence-electron chi connectivity index (χ1n) is 5.22. The van der Waals surface area contributed by atoms with Gasteiger partial charge < -0.3 is 5.73 Å². The number of rotatable bonds is 6. The molecule has 86 valence electrons. The smallest absolute Gasteiger partial charge is 0.220 e. The Morgan fingerprint density at radius 2 is 1.81 bits per heavy atom. The van der Waals surface area contributed by atoms with Gasteiger partial charge in [0.15, 0.2) is 0 Å². The lowest BCUT2D eigenvalue weighted by atomic mass is 9.98. The van der Waals surface area contributed by atoms with Gasteiger partial charge in [-0.3, -0.25) is 14.5 Å². The largest absolute Gasteiger partial charge is 0.330 e. The molecular weight excluding hydrogens is 204 g/mol. The van der Waals surface area contributed by atoms with Crippen molar-refractivity contribution in [2.75, 3.05) is 11.4 Å². The summed E-state index contributed by atoms with van der Waals surface area (Å²) < 4.78 is 0. The summed E-state index contributed by atoms with van der Waals surface area (Å²) in [5, 5.41) is 0. The molecule has 0 spiro atoms. The molecule has 2 N–H and O–H groups in total. The number of amides is 2. The zero-order valence-electron chi connectivity index (χ0n) is 9.30. The first-order chi connectivity index (χ1) is 7.72. The molecule has 1 unspecified atom stereocenters. The van der Waals surface area contributed by atoms with Gasteiger partial charge in [-0.1, -0.05) is 19.1 Å². The van der Waals surface area contributed by atoms with Crippen LogP contribution in [-0.4, -0.2) is 19.4 Å². The molecule has 0 fully saturated rings. The lowest BCUT2D eigenvalue weighted by Crippen LogP contribution is -2.18. The lowest BCUT2D eigenvalue weighted by molar-refractivity contribution is -0.113. The van der Waals surface area contributed by atoms with Crippen molar-refractivity contribution in [3.05, 3.63) is 29.8 Å². The summed E-state index contributed by atoms with van der Waals surface area (Å²) in [5.41, 5.74) is 7.22. The van der Waals surface area contributed by atoms with Gasteiger partial charge in [-0.05, 0) is 36.6 Å². The summed E-state index contributed by atoms with van der Waals surface area (Å²) in [6.07, 6.45) is 1.90. The molecule has 1 atom stereocenters. The van der Waals surface area contributed by atoms with Gasteiger partial charge in [-0.2, -0.15) is 0 Å². The number of anilines is 1. The molecule has 0 saturated carbocycles. The van der Waals surface area contributed by atoms with Crippen LogP contribution in [0.2, 0.25) is 0 Å². The van der Waals surface area contributed by atoms with Gasteiger partial charge in [0.2, 0.25) is 12.8 Å². The number of carbonyl (C=O) groups excluding carboxylic acids is 2. The number of carbonyl (C=O) groups is 2. The second-order valence-electron chi connectivity index (χ2n) is 3.69. The fourth-order valence-corrected chi connectivity index (χ4v) is 1.54. The maximum absolute atomic E-state index is 10.5. The van der Waals surface area contributed by atoms with E-state index in [0.717, 1.165) is 16.9 Å². The van der Waals surface area contributed by atoms with Gasteiger partial charge in [0.1, 0.15) is 0 Å². The van der Waals surface area contributed by atoms with Crippen molar-refractivity contribution in [1.82, 2.24) is 0 Å². The summed E-state index contributed by atoms with van der Waals surface area (Å²) >= 11 is 0. The summed E-state index contributed by atoms with van der Waals surface area (Å²) in [7, 11) is 0. The van der Waals surface area contributed by atoms with E-state index in [0.29, 0.717) is 31.0 Å². The van der Waals surface area contributed by atoms with Gasteiger partial charge in [-0.25, -0.2) is 0 Å². The topological polar surface area (TPSA) is 63.4 Å². The Hall–Kier alpha value is -1.68. The van der Waals surface area contributed by atoms with Crippen LogP contribution in [0, 0.1) is 0 Å². The van der Waals surface area contributed by atoms with Crippen molar-refractivity contribution < 1.29 is 9.59 Å². The van der Waals surface area contributed by atoms with E-state index in [1.54, 1.807) is 12.1 Å². The summed E-state index contributed by atoms with van der Waals surface area (Å²) in [5.74, 6) is 0.389. The second kappa shape index (κ2) is 6.02. The molecule has 0 aliphatic heterocycles. The van der Waals surface area contributed by atoms with Gasteiger partial charge in [-0.15, -0.1) is 0 Å². The molecule has 0 radical (unpaired) electrons. The third kappa shape index (κ3) is 2.90. The fourth-order valence-electron chi connectivity index (χ4n) is 1.54. The van der Waals surface area contributed by atoms with E-state index in [1.165, 1.54) is 0 Å². The minimum Gasteiger partial charge on any atom is -0.330 e. The Bertz CT molecular complexity index is 341. The summed E-state index contributed by atoms with van der Waals surface area (Å²) in [6.45, 7) is 2.75. The third-order valence-electron chi connectivity index (χ3n) is 2.59. The van der Waals surface area contributed by atoms with E-state index in [2.05, 4.69) is 6.92 Å². The molecule has 4 nitrogen and oxygen atoms in total. The molecule has 1 aromatic rings. The van der Waals surface area contributed by atoms with E-state index in [-0.39, 0.29) is 0 Å². The van der Waals surface area contributed by atoms with Crippen LogP contribution in [0.1, 0.15) is 24.8 Å². The van der Waals surface area contributed by atoms with Crippen LogP contribution < -0.4 is 10.6 Å². The Morgan fingerprint density at radius 1 is 1.25 bits per heavy atom. The molecule has 1 rings (SSSR count). The van der Waals surface area contributed by atoms with Crippen LogP contribution >= 0.6 is 0 Å². The number of imide groups is 1. The van der Waals surface area contributed by atoms with E-state index >= 15 is 0 Å². The van der Waals surface area contributed by atoms with E-state index < -0.39 is 0 Å². The average molecular weight is 220 g/mol. The zero-order chi connectivity index (χ0) is 12.0. The number of nitrogens with zero attached hydrogens (tertiary/aromatic N) is 1. The van der Waals surface area contributed by atoms with Gasteiger partial charge in [0, 0.05) is 0 Å². The van der Waals surface area contributed by atoms with Gasteiger partial charge >= 0.3 is 0 Å². The van der Waals surface area contributed by atoms with E-state index in [9.17, 15) is 9.59 Å². The molecule has 0 aromatic heterocycles. The minimum absolute atomic E-state index is 0.389. The highest BCUT2D eigenvalue weighted by molar-refractivity contribution is 5.95. The molecule has 0 heterocycles. The summed E-state index contributed by atoms with van der Waals surface area (Å²) in [6, 6.07) is 7.33. The second-order valence-corrected chi connectivity index (χ2v) is 3.69. The predicted octanol–water partition coefficient (Wildman–Crippen LogP) is 1.26. The molecule has 4 heteroatoms. The van der Waals surface area contributed by atoms with Crippen LogP contribution in [0.15, 0.2) is 24.3 Å². The average Bonchev–Trinajstić information content (AvgIpc) is 2.32. The SMILES string of the molecule is CC(CCN)c1ccc(N(C=O)C=O)cc1. The van der Waals surface area contributed by atoms with Crippen LogP contribution in [0.4, 0.5) is 5.69 Å². The van der Waals surface area contributed by atoms with Crippen molar-refractivity contribution in [2.24, 2.45) is 5.73 Å².